The van der Waals surface area contributed by atoms with Crippen LogP contribution in [0.1, 0.15) is 32.4 Å². The van der Waals surface area contributed by atoms with E-state index in [1.54, 1.807) is 6.20 Å². The molecule has 0 aromatic carbocycles. The average Bonchev–Trinajstić information content (AvgIpc) is 2.35. The number of nitriles is 1. The zero-order valence-electron chi connectivity index (χ0n) is 7.59. The molecule has 1 aromatic heterocycles. The quantitative estimate of drug-likeness (QED) is 0.638. The summed E-state index contributed by atoms with van der Waals surface area (Å²) in [4.78, 5) is 4.09. The van der Waals surface area contributed by atoms with Gasteiger partial charge in [-0.15, -0.1) is 0 Å². The van der Waals surface area contributed by atoms with Crippen molar-refractivity contribution in [3.63, 3.8) is 0 Å². The average molecular weight is 164 g/mol. The summed E-state index contributed by atoms with van der Waals surface area (Å²) in [6.07, 6.45) is 1.91. The van der Waals surface area contributed by atoms with E-state index in [-0.39, 0.29) is 5.41 Å². The molecule has 1 aromatic rings. The fraction of sp³-hybridized carbons (Fsp3) is 0.556. The van der Waals surface area contributed by atoms with Gasteiger partial charge < -0.3 is 4.42 Å². The van der Waals surface area contributed by atoms with Crippen molar-refractivity contribution in [2.75, 3.05) is 0 Å². The van der Waals surface area contributed by atoms with Gasteiger partial charge >= 0.3 is 0 Å². The van der Waals surface area contributed by atoms with Gasteiger partial charge in [0, 0.05) is 5.41 Å². The Morgan fingerprint density at radius 1 is 1.58 bits per heavy atom. The first-order valence-corrected chi connectivity index (χ1v) is 3.86. The van der Waals surface area contributed by atoms with Gasteiger partial charge in [-0.2, -0.15) is 5.26 Å². The van der Waals surface area contributed by atoms with Crippen LogP contribution in [0.25, 0.3) is 0 Å². The lowest BCUT2D eigenvalue weighted by atomic mass is 9.97. The minimum atomic E-state index is -0.0757. The van der Waals surface area contributed by atoms with Crippen LogP contribution in [-0.2, 0) is 11.8 Å². The number of nitrogens with zero attached hydrogens (tertiary/aromatic N) is 2. The SMILES string of the molecule is CC(C)(C)c1ncc(CC#N)o1. The minimum Gasteiger partial charge on any atom is -0.444 e. The molecule has 64 valence electrons. The van der Waals surface area contributed by atoms with E-state index in [0.29, 0.717) is 18.1 Å². The molecular weight excluding hydrogens is 152 g/mol. The van der Waals surface area contributed by atoms with Crippen molar-refractivity contribution in [2.24, 2.45) is 0 Å². The van der Waals surface area contributed by atoms with E-state index in [1.165, 1.54) is 0 Å². The molecular formula is C9H12N2O. The zero-order valence-corrected chi connectivity index (χ0v) is 7.59. The number of aromatic nitrogens is 1. The van der Waals surface area contributed by atoms with E-state index < -0.39 is 0 Å². The zero-order chi connectivity index (χ0) is 9.19. The first-order valence-electron chi connectivity index (χ1n) is 3.86. The molecule has 1 rings (SSSR count). The van der Waals surface area contributed by atoms with Crippen LogP contribution in [0.5, 0.6) is 0 Å². The van der Waals surface area contributed by atoms with Gasteiger partial charge in [0.15, 0.2) is 5.89 Å². The van der Waals surface area contributed by atoms with Crippen molar-refractivity contribution in [3.05, 3.63) is 17.8 Å². The summed E-state index contributed by atoms with van der Waals surface area (Å²) < 4.78 is 5.35. The predicted octanol–water partition coefficient (Wildman–Crippen LogP) is 2.04. The summed E-state index contributed by atoms with van der Waals surface area (Å²) in [5, 5.41) is 8.39. The molecule has 0 N–H and O–H groups in total. The van der Waals surface area contributed by atoms with Gasteiger partial charge in [0.1, 0.15) is 5.76 Å². The summed E-state index contributed by atoms with van der Waals surface area (Å²) in [6.45, 7) is 6.07. The molecule has 3 heteroatoms. The molecule has 0 spiro atoms. The summed E-state index contributed by atoms with van der Waals surface area (Å²) >= 11 is 0. The second-order valence-corrected chi connectivity index (χ2v) is 3.72. The Morgan fingerprint density at radius 2 is 2.25 bits per heavy atom. The summed E-state index contributed by atoms with van der Waals surface area (Å²) in [5.74, 6) is 1.33. The van der Waals surface area contributed by atoms with Crippen molar-refractivity contribution in [1.29, 1.82) is 5.26 Å². The third-order valence-corrected chi connectivity index (χ3v) is 1.45. The molecule has 0 aliphatic rings. The third kappa shape index (κ3) is 1.85. The highest BCUT2D eigenvalue weighted by Gasteiger charge is 2.19. The largest absolute Gasteiger partial charge is 0.444 e. The van der Waals surface area contributed by atoms with Crippen molar-refractivity contribution in [3.8, 4) is 6.07 Å². The fourth-order valence-corrected chi connectivity index (χ4v) is 0.814. The van der Waals surface area contributed by atoms with Crippen LogP contribution >= 0.6 is 0 Å². The maximum absolute atomic E-state index is 8.39. The Balaban J connectivity index is 2.86. The summed E-state index contributed by atoms with van der Waals surface area (Å²) in [5.41, 5.74) is -0.0757. The van der Waals surface area contributed by atoms with Crippen LogP contribution in [-0.4, -0.2) is 4.98 Å². The van der Waals surface area contributed by atoms with Gasteiger partial charge in [0.2, 0.25) is 0 Å². The maximum Gasteiger partial charge on any atom is 0.199 e. The normalized spacial score (nSPS) is 11.2. The molecule has 1 heterocycles. The lowest BCUT2D eigenvalue weighted by Crippen LogP contribution is -2.10. The van der Waals surface area contributed by atoms with Crippen LogP contribution in [0.15, 0.2) is 10.6 Å². The van der Waals surface area contributed by atoms with Gasteiger partial charge in [-0.25, -0.2) is 4.98 Å². The molecule has 0 bridgehead atoms. The summed E-state index contributed by atoms with van der Waals surface area (Å²) in [6, 6.07) is 2.02. The van der Waals surface area contributed by atoms with Gasteiger partial charge in [0.05, 0.1) is 18.7 Å². The van der Waals surface area contributed by atoms with Crippen molar-refractivity contribution < 1.29 is 4.42 Å². The molecule has 12 heavy (non-hydrogen) atoms. The number of rotatable bonds is 1. The second kappa shape index (κ2) is 2.98. The van der Waals surface area contributed by atoms with E-state index in [0.717, 1.165) is 0 Å². The van der Waals surface area contributed by atoms with Crippen molar-refractivity contribution >= 4 is 0 Å². The highest BCUT2D eigenvalue weighted by Crippen LogP contribution is 2.21. The molecule has 0 atom stereocenters. The second-order valence-electron chi connectivity index (χ2n) is 3.72. The first kappa shape index (κ1) is 8.79. The Bertz CT molecular complexity index is 301. The van der Waals surface area contributed by atoms with E-state index in [9.17, 15) is 0 Å². The smallest absolute Gasteiger partial charge is 0.199 e. The summed E-state index contributed by atoms with van der Waals surface area (Å²) in [7, 11) is 0. The van der Waals surface area contributed by atoms with E-state index >= 15 is 0 Å². The van der Waals surface area contributed by atoms with E-state index in [2.05, 4.69) is 4.98 Å². The van der Waals surface area contributed by atoms with Gasteiger partial charge in [-0.05, 0) is 0 Å². The Hall–Kier alpha value is -1.30. The highest BCUT2D eigenvalue weighted by molar-refractivity contribution is 5.05. The standard InChI is InChI=1S/C9H12N2O/c1-9(2,3)8-11-6-7(12-8)4-5-10/h6H,4H2,1-3H3. The Labute approximate surface area is 72.0 Å². The number of hydrogen-bond acceptors (Lipinski definition) is 3. The van der Waals surface area contributed by atoms with Gasteiger partial charge in [-0.3, -0.25) is 0 Å². The maximum atomic E-state index is 8.39. The minimum absolute atomic E-state index is 0.0757. The predicted molar refractivity (Wildman–Crippen MR) is 44.5 cm³/mol. The molecule has 0 amide bonds. The van der Waals surface area contributed by atoms with Gasteiger partial charge in [-0.1, -0.05) is 20.8 Å². The number of hydrogen-bond donors (Lipinski definition) is 0. The molecule has 3 nitrogen and oxygen atoms in total. The van der Waals surface area contributed by atoms with Crippen LogP contribution in [0.2, 0.25) is 0 Å². The number of oxazole rings is 1. The van der Waals surface area contributed by atoms with Crippen LogP contribution in [0.3, 0.4) is 0 Å². The van der Waals surface area contributed by atoms with Crippen LogP contribution in [0, 0.1) is 11.3 Å². The van der Waals surface area contributed by atoms with Gasteiger partial charge in [0.25, 0.3) is 0 Å². The molecule has 0 saturated carbocycles. The molecule has 0 radical (unpaired) electrons. The first-order chi connectivity index (χ1) is 5.54. The van der Waals surface area contributed by atoms with E-state index in [4.69, 9.17) is 9.68 Å². The fourth-order valence-electron chi connectivity index (χ4n) is 0.814. The molecule has 0 fully saturated rings. The Kier molecular flexibility index (Phi) is 2.18. The third-order valence-electron chi connectivity index (χ3n) is 1.45. The monoisotopic (exact) mass is 164 g/mol. The Morgan fingerprint density at radius 3 is 2.67 bits per heavy atom. The van der Waals surface area contributed by atoms with E-state index in [1.807, 2.05) is 26.8 Å². The topological polar surface area (TPSA) is 49.8 Å². The molecule has 0 unspecified atom stereocenters. The molecule has 0 saturated heterocycles. The lowest BCUT2D eigenvalue weighted by Gasteiger charge is -2.11. The van der Waals surface area contributed by atoms with Crippen molar-refractivity contribution in [2.45, 2.75) is 32.6 Å². The molecule has 0 aliphatic carbocycles. The lowest BCUT2D eigenvalue weighted by molar-refractivity contribution is 0.377. The van der Waals surface area contributed by atoms with Crippen molar-refractivity contribution in [1.82, 2.24) is 4.98 Å². The van der Waals surface area contributed by atoms with Crippen LogP contribution in [0.4, 0.5) is 0 Å². The highest BCUT2D eigenvalue weighted by atomic mass is 16.4. The molecule has 0 aliphatic heterocycles. The van der Waals surface area contributed by atoms with Crippen LogP contribution < -0.4 is 0 Å².